The molecule has 0 aliphatic heterocycles. The Balaban J connectivity index is 1.96. The molecule has 3 aromatic rings. The fourth-order valence-electron chi connectivity index (χ4n) is 4.18. The summed E-state index contributed by atoms with van der Waals surface area (Å²) in [6.45, 7) is 0. The fraction of sp³-hybridized carbons (Fsp3) is 0.333. The maximum Gasteiger partial charge on any atom is 0.268 e. The van der Waals surface area contributed by atoms with Crippen molar-refractivity contribution in [3.63, 3.8) is 0 Å². The Morgan fingerprint density at radius 3 is 2.43 bits per heavy atom. The lowest BCUT2D eigenvalue weighted by molar-refractivity contribution is 0.153. The molecule has 0 spiro atoms. The van der Waals surface area contributed by atoms with Crippen LogP contribution in [0.25, 0.3) is 10.9 Å². The van der Waals surface area contributed by atoms with Gasteiger partial charge in [0.2, 0.25) is 0 Å². The third kappa shape index (κ3) is 3.39. The second-order valence-corrected chi connectivity index (χ2v) is 9.95. The molecular weight excluding hydrogens is 448 g/mol. The lowest BCUT2D eigenvalue weighted by atomic mass is 9.82. The zero-order valence-electron chi connectivity index (χ0n) is 15.1. The van der Waals surface area contributed by atoms with Crippen LogP contribution in [0.2, 0.25) is 0 Å². The molecule has 3 nitrogen and oxygen atoms in total. The molecule has 4 rings (SSSR count). The Hall–Kier alpha value is -1.73. The van der Waals surface area contributed by atoms with Gasteiger partial charge in [0, 0.05) is 21.6 Å². The van der Waals surface area contributed by atoms with Crippen molar-refractivity contribution in [2.24, 2.45) is 0 Å². The smallest absolute Gasteiger partial charge is 0.241 e. The fourth-order valence-corrected chi connectivity index (χ4v) is 6.14. The van der Waals surface area contributed by atoms with Crippen molar-refractivity contribution >= 4 is 36.9 Å². The lowest BCUT2D eigenvalue weighted by Crippen LogP contribution is -2.12. The van der Waals surface area contributed by atoms with Gasteiger partial charge in [-0.3, -0.25) is 0 Å². The SMILES string of the molecule is O=S(=O)(c1cccc(Br)c1)n1cc(C(F)F)c2c(C3CCCCC3)cccc21. The van der Waals surface area contributed by atoms with Crippen LogP contribution in [0.5, 0.6) is 0 Å². The average molecular weight is 468 g/mol. The van der Waals surface area contributed by atoms with Crippen LogP contribution < -0.4 is 0 Å². The van der Waals surface area contributed by atoms with E-state index in [1.54, 1.807) is 24.3 Å². The Bertz CT molecular complexity index is 1120. The van der Waals surface area contributed by atoms with E-state index in [4.69, 9.17) is 0 Å². The Labute approximate surface area is 171 Å². The van der Waals surface area contributed by atoms with E-state index in [9.17, 15) is 17.2 Å². The molecule has 0 unspecified atom stereocenters. The lowest BCUT2D eigenvalue weighted by Gasteiger charge is -2.23. The number of aromatic nitrogens is 1. The van der Waals surface area contributed by atoms with E-state index in [0.717, 1.165) is 47.8 Å². The first-order valence-corrected chi connectivity index (χ1v) is 11.6. The molecule has 1 saturated carbocycles. The predicted octanol–water partition coefficient (Wildman–Crippen LogP) is 6.63. The molecule has 0 bridgehead atoms. The molecule has 28 heavy (non-hydrogen) atoms. The van der Waals surface area contributed by atoms with Crippen LogP contribution in [0, 0.1) is 0 Å². The van der Waals surface area contributed by atoms with Gasteiger partial charge in [0.25, 0.3) is 16.4 Å². The van der Waals surface area contributed by atoms with E-state index in [1.165, 1.54) is 12.1 Å². The van der Waals surface area contributed by atoms with Crippen molar-refractivity contribution in [2.75, 3.05) is 0 Å². The van der Waals surface area contributed by atoms with Gasteiger partial charge in [0.1, 0.15) is 0 Å². The Morgan fingerprint density at radius 2 is 1.75 bits per heavy atom. The summed E-state index contributed by atoms with van der Waals surface area (Å²) in [5, 5.41) is 0.392. The molecular formula is C21H20BrF2NO2S. The highest BCUT2D eigenvalue weighted by atomic mass is 79.9. The largest absolute Gasteiger partial charge is 0.268 e. The zero-order chi connectivity index (χ0) is 19.9. The first-order chi connectivity index (χ1) is 13.4. The normalized spacial score (nSPS) is 16.1. The summed E-state index contributed by atoms with van der Waals surface area (Å²) in [4.78, 5) is 0.0580. The summed E-state index contributed by atoms with van der Waals surface area (Å²) in [5.41, 5.74) is 0.948. The third-order valence-corrected chi connectivity index (χ3v) is 7.65. The van der Waals surface area contributed by atoms with Gasteiger partial charge in [-0.05, 0) is 48.6 Å². The summed E-state index contributed by atoms with van der Waals surface area (Å²) in [6, 6.07) is 11.5. The van der Waals surface area contributed by atoms with Gasteiger partial charge in [-0.25, -0.2) is 21.2 Å². The van der Waals surface area contributed by atoms with Crippen LogP contribution >= 0.6 is 15.9 Å². The van der Waals surface area contributed by atoms with Crippen molar-refractivity contribution in [1.29, 1.82) is 0 Å². The molecule has 0 amide bonds. The zero-order valence-corrected chi connectivity index (χ0v) is 17.5. The van der Waals surface area contributed by atoms with Crippen molar-refractivity contribution < 1.29 is 17.2 Å². The quantitative estimate of drug-likeness (QED) is 0.431. The second-order valence-electron chi connectivity index (χ2n) is 7.22. The molecule has 0 N–H and O–H groups in total. The van der Waals surface area contributed by atoms with Crippen LogP contribution in [-0.2, 0) is 10.0 Å². The Morgan fingerprint density at radius 1 is 1.04 bits per heavy atom. The predicted molar refractivity (Wildman–Crippen MR) is 109 cm³/mol. The van der Waals surface area contributed by atoms with Crippen LogP contribution in [0.3, 0.4) is 0 Å². The van der Waals surface area contributed by atoms with E-state index >= 15 is 0 Å². The number of rotatable bonds is 4. The van der Waals surface area contributed by atoms with Crippen molar-refractivity contribution in [3.8, 4) is 0 Å². The topological polar surface area (TPSA) is 39.1 Å². The highest BCUT2D eigenvalue weighted by molar-refractivity contribution is 9.10. The highest BCUT2D eigenvalue weighted by Crippen LogP contribution is 2.41. The number of fused-ring (bicyclic) bond motifs is 1. The maximum absolute atomic E-state index is 13.9. The molecule has 0 saturated heterocycles. The highest BCUT2D eigenvalue weighted by Gasteiger charge is 2.28. The van der Waals surface area contributed by atoms with Gasteiger partial charge >= 0.3 is 0 Å². The van der Waals surface area contributed by atoms with Gasteiger partial charge in [-0.1, -0.05) is 53.4 Å². The molecule has 1 aliphatic carbocycles. The molecule has 1 aromatic heterocycles. The minimum atomic E-state index is -3.99. The van der Waals surface area contributed by atoms with Crippen molar-refractivity contribution in [1.82, 2.24) is 3.97 Å². The average Bonchev–Trinajstić information content (AvgIpc) is 3.09. The van der Waals surface area contributed by atoms with E-state index in [1.807, 2.05) is 6.07 Å². The minimum Gasteiger partial charge on any atom is -0.241 e. The second kappa shape index (κ2) is 7.59. The Kier molecular flexibility index (Phi) is 5.31. The van der Waals surface area contributed by atoms with Gasteiger partial charge in [0.05, 0.1) is 10.4 Å². The van der Waals surface area contributed by atoms with E-state index in [-0.39, 0.29) is 16.4 Å². The molecule has 7 heteroatoms. The molecule has 148 valence electrons. The standard InChI is InChI=1S/C21H20BrF2NO2S/c22-15-8-4-9-16(12-15)28(26,27)25-13-18(21(23)24)20-17(10-5-11-19(20)25)14-6-2-1-3-7-14/h4-5,8-14,21H,1-3,6-7H2. The van der Waals surface area contributed by atoms with E-state index in [2.05, 4.69) is 15.9 Å². The summed E-state index contributed by atoms with van der Waals surface area (Å²) in [7, 11) is -3.99. The first-order valence-electron chi connectivity index (χ1n) is 9.33. The minimum absolute atomic E-state index is 0.0580. The maximum atomic E-state index is 13.9. The van der Waals surface area contributed by atoms with Crippen LogP contribution in [-0.4, -0.2) is 12.4 Å². The van der Waals surface area contributed by atoms with Crippen molar-refractivity contribution in [2.45, 2.75) is 49.3 Å². The summed E-state index contributed by atoms with van der Waals surface area (Å²) in [6.07, 6.45) is 3.55. The van der Waals surface area contributed by atoms with Gasteiger partial charge in [-0.2, -0.15) is 0 Å². The third-order valence-electron chi connectivity index (χ3n) is 5.49. The number of nitrogens with zero attached hydrogens (tertiary/aromatic N) is 1. The molecule has 2 aromatic carbocycles. The summed E-state index contributed by atoms with van der Waals surface area (Å²) < 4.78 is 55.9. The number of halogens is 3. The monoisotopic (exact) mass is 467 g/mol. The van der Waals surface area contributed by atoms with Crippen molar-refractivity contribution in [3.05, 3.63) is 64.3 Å². The van der Waals surface area contributed by atoms with Crippen LogP contribution in [0.15, 0.2) is 58.0 Å². The molecule has 1 heterocycles. The van der Waals surface area contributed by atoms with E-state index < -0.39 is 16.4 Å². The van der Waals surface area contributed by atoms with Crippen LogP contribution in [0.4, 0.5) is 8.78 Å². The number of alkyl halides is 2. The van der Waals surface area contributed by atoms with Gasteiger partial charge in [-0.15, -0.1) is 0 Å². The number of hydrogen-bond donors (Lipinski definition) is 0. The first kappa shape index (κ1) is 19.6. The summed E-state index contributed by atoms with van der Waals surface area (Å²) >= 11 is 3.28. The van der Waals surface area contributed by atoms with Crippen LogP contribution in [0.1, 0.15) is 55.6 Å². The van der Waals surface area contributed by atoms with E-state index in [0.29, 0.717) is 15.4 Å². The summed E-state index contributed by atoms with van der Waals surface area (Å²) in [5.74, 6) is 0.194. The molecule has 0 atom stereocenters. The molecule has 0 radical (unpaired) electrons. The van der Waals surface area contributed by atoms with Gasteiger partial charge in [0.15, 0.2) is 0 Å². The van der Waals surface area contributed by atoms with Gasteiger partial charge < -0.3 is 0 Å². The number of benzene rings is 2. The number of hydrogen-bond acceptors (Lipinski definition) is 2. The molecule has 1 aliphatic rings. The molecule has 1 fully saturated rings.